The first-order valence-corrected chi connectivity index (χ1v) is 6.33. The van der Waals surface area contributed by atoms with Gasteiger partial charge in [-0.2, -0.15) is 0 Å². The van der Waals surface area contributed by atoms with Crippen molar-refractivity contribution in [3.63, 3.8) is 0 Å². The summed E-state index contributed by atoms with van der Waals surface area (Å²) < 4.78 is 0. The molecule has 0 radical (unpaired) electrons. The summed E-state index contributed by atoms with van der Waals surface area (Å²) in [6.45, 7) is 6.15. The number of aromatic amines is 1. The Labute approximate surface area is 106 Å². The molecular weight excluding hydrogens is 226 g/mol. The predicted octanol–water partition coefficient (Wildman–Crippen LogP) is 1.25. The quantitative estimate of drug-likeness (QED) is 0.792. The highest BCUT2D eigenvalue weighted by Crippen LogP contribution is 2.24. The number of nitrogens with zero attached hydrogens (tertiary/aromatic N) is 1. The van der Waals surface area contributed by atoms with Crippen LogP contribution in [-0.4, -0.2) is 31.2 Å². The zero-order valence-corrected chi connectivity index (χ0v) is 10.5. The smallest absolute Gasteiger partial charge is 0.248 e. The van der Waals surface area contributed by atoms with Crippen molar-refractivity contribution in [3.8, 4) is 0 Å². The first-order chi connectivity index (χ1) is 8.74. The summed E-state index contributed by atoms with van der Waals surface area (Å²) in [5, 5.41) is 4.46. The van der Waals surface area contributed by atoms with Gasteiger partial charge in [0.05, 0.1) is 5.52 Å². The third-order valence-corrected chi connectivity index (χ3v) is 3.51. The zero-order chi connectivity index (χ0) is 12.5. The van der Waals surface area contributed by atoms with Crippen LogP contribution in [0.2, 0.25) is 0 Å². The fraction of sp³-hybridized carbons (Fsp3) is 0.357. The van der Waals surface area contributed by atoms with Gasteiger partial charge in [0.25, 0.3) is 0 Å². The van der Waals surface area contributed by atoms with E-state index in [4.69, 9.17) is 0 Å². The van der Waals surface area contributed by atoms with Gasteiger partial charge in [-0.15, -0.1) is 0 Å². The Balaban J connectivity index is 2.10. The van der Waals surface area contributed by atoms with Gasteiger partial charge in [-0.05, 0) is 30.7 Å². The first-order valence-electron chi connectivity index (χ1n) is 6.33. The summed E-state index contributed by atoms with van der Waals surface area (Å²) in [5.74, 6) is 0. The van der Waals surface area contributed by atoms with Crippen LogP contribution in [-0.2, 0) is 0 Å². The number of fused-ring (bicyclic) bond motifs is 1. The van der Waals surface area contributed by atoms with Crippen LogP contribution >= 0.6 is 0 Å². The summed E-state index contributed by atoms with van der Waals surface area (Å²) in [6.07, 6.45) is 0. The monoisotopic (exact) mass is 243 g/mol. The van der Waals surface area contributed by atoms with E-state index < -0.39 is 0 Å². The second kappa shape index (κ2) is 4.46. The average molecular weight is 243 g/mol. The molecule has 0 spiro atoms. The number of aryl methyl sites for hydroxylation is 1. The number of anilines is 1. The Morgan fingerprint density at radius 1 is 1.17 bits per heavy atom. The minimum absolute atomic E-state index is 0.0423. The number of rotatable bonds is 1. The van der Waals surface area contributed by atoms with E-state index >= 15 is 0 Å². The van der Waals surface area contributed by atoms with Crippen LogP contribution < -0.4 is 15.8 Å². The summed E-state index contributed by atoms with van der Waals surface area (Å²) in [6, 6.07) is 7.76. The van der Waals surface area contributed by atoms with E-state index in [1.807, 2.05) is 6.07 Å². The molecule has 94 valence electrons. The highest BCUT2D eigenvalue weighted by atomic mass is 16.1. The number of nitrogens with one attached hydrogen (secondary N) is 2. The molecule has 0 bridgehead atoms. The van der Waals surface area contributed by atoms with Gasteiger partial charge in [0.1, 0.15) is 0 Å². The number of hydrogen-bond acceptors (Lipinski definition) is 3. The molecule has 2 N–H and O–H groups in total. The first kappa shape index (κ1) is 11.3. The fourth-order valence-corrected chi connectivity index (χ4v) is 2.54. The van der Waals surface area contributed by atoms with Crippen LogP contribution in [0.4, 0.5) is 5.69 Å². The van der Waals surface area contributed by atoms with Crippen LogP contribution in [0.15, 0.2) is 29.1 Å². The van der Waals surface area contributed by atoms with Gasteiger partial charge < -0.3 is 15.2 Å². The largest absolute Gasteiger partial charge is 0.369 e. The molecule has 1 aromatic carbocycles. The van der Waals surface area contributed by atoms with Crippen molar-refractivity contribution in [2.45, 2.75) is 6.92 Å². The number of hydrogen-bond donors (Lipinski definition) is 2. The highest BCUT2D eigenvalue weighted by molar-refractivity contribution is 5.85. The van der Waals surface area contributed by atoms with Gasteiger partial charge >= 0.3 is 0 Å². The van der Waals surface area contributed by atoms with E-state index in [1.54, 1.807) is 6.07 Å². The lowest BCUT2D eigenvalue weighted by molar-refractivity contribution is 0.589. The van der Waals surface area contributed by atoms with Gasteiger partial charge in [0, 0.05) is 43.3 Å². The fourth-order valence-electron chi connectivity index (χ4n) is 2.54. The van der Waals surface area contributed by atoms with Crippen LogP contribution in [0, 0.1) is 6.92 Å². The molecule has 2 aromatic rings. The second-order valence-corrected chi connectivity index (χ2v) is 4.78. The molecule has 2 heterocycles. The summed E-state index contributed by atoms with van der Waals surface area (Å²) in [4.78, 5) is 16.7. The Morgan fingerprint density at radius 3 is 2.72 bits per heavy atom. The topological polar surface area (TPSA) is 48.1 Å². The number of aromatic nitrogens is 1. The van der Waals surface area contributed by atoms with E-state index in [-0.39, 0.29) is 5.56 Å². The van der Waals surface area contributed by atoms with E-state index in [2.05, 4.69) is 34.3 Å². The lowest BCUT2D eigenvalue weighted by Crippen LogP contribution is -2.43. The molecule has 1 aliphatic heterocycles. The minimum atomic E-state index is -0.0423. The molecule has 0 amide bonds. The molecule has 1 aromatic heterocycles. The summed E-state index contributed by atoms with van der Waals surface area (Å²) in [5.41, 5.74) is 3.29. The SMILES string of the molecule is Cc1cc(N2CCNCC2)cc2[nH]c(=O)ccc12. The number of pyridine rings is 1. The van der Waals surface area contributed by atoms with Crippen molar-refractivity contribution in [1.82, 2.24) is 10.3 Å². The molecule has 1 fully saturated rings. The lowest BCUT2D eigenvalue weighted by Gasteiger charge is -2.30. The number of H-pyrrole nitrogens is 1. The Hall–Kier alpha value is -1.81. The predicted molar refractivity (Wildman–Crippen MR) is 74.4 cm³/mol. The molecule has 0 unspecified atom stereocenters. The Kier molecular flexibility index (Phi) is 2.80. The average Bonchev–Trinajstić information content (AvgIpc) is 2.39. The van der Waals surface area contributed by atoms with E-state index in [0.717, 1.165) is 37.1 Å². The Bertz CT molecular complexity index is 626. The minimum Gasteiger partial charge on any atom is -0.369 e. The van der Waals surface area contributed by atoms with Gasteiger partial charge in [-0.25, -0.2) is 0 Å². The van der Waals surface area contributed by atoms with Crippen LogP contribution in [0.1, 0.15) is 5.56 Å². The molecule has 3 rings (SSSR count). The molecule has 1 aliphatic rings. The summed E-state index contributed by atoms with van der Waals surface area (Å²) in [7, 11) is 0. The standard InChI is InChI=1S/C14H17N3O/c1-10-8-11(17-6-4-15-5-7-17)9-13-12(10)2-3-14(18)16-13/h2-3,8-9,15H,4-7H2,1H3,(H,16,18). The normalized spacial score (nSPS) is 16.2. The van der Waals surface area contributed by atoms with Crippen molar-refractivity contribution in [3.05, 3.63) is 40.2 Å². The van der Waals surface area contributed by atoms with Crippen molar-refractivity contribution in [2.24, 2.45) is 0 Å². The molecule has 0 atom stereocenters. The second-order valence-electron chi connectivity index (χ2n) is 4.78. The maximum atomic E-state index is 11.4. The molecule has 4 heteroatoms. The molecule has 0 saturated carbocycles. The van der Waals surface area contributed by atoms with Crippen LogP contribution in [0.3, 0.4) is 0 Å². The number of piperazine rings is 1. The van der Waals surface area contributed by atoms with Crippen molar-refractivity contribution in [1.29, 1.82) is 0 Å². The Morgan fingerprint density at radius 2 is 1.94 bits per heavy atom. The highest BCUT2D eigenvalue weighted by Gasteiger charge is 2.12. The molecule has 4 nitrogen and oxygen atoms in total. The lowest BCUT2D eigenvalue weighted by atomic mass is 10.1. The van der Waals surface area contributed by atoms with Crippen molar-refractivity contribution in [2.75, 3.05) is 31.1 Å². The van der Waals surface area contributed by atoms with Gasteiger partial charge in [-0.1, -0.05) is 0 Å². The van der Waals surface area contributed by atoms with Gasteiger partial charge in [-0.3, -0.25) is 4.79 Å². The molecule has 0 aliphatic carbocycles. The molecule has 1 saturated heterocycles. The maximum Gasteiger partial charge on any atom is 0.248 e. The summed E-state index contributed by atoms with van der Waals surface area (Å²) >= 11 is 0. The van der Waals surface area contributed by atoms with E-state index in [1.165, 1.54) is 11.3 Å². The molecular formula is C14H17N3O. The van der Waals surface area contributed by atoms with Crippen LogP contribution in [0.25, 0.3) is 10.9 Å². The maximum absolute atomic E-state index is 11.4. The van der Waals surface area contributed by atoms with E-state index in [0.29, 0.717) is 0 Å². The third kappa shape index (κ3) is 1.99. The number of benzene rings is 1. The van der Waals surface area contributed by atoms with Crippen molar-refractivity contribution < 1.29 is 0 Å². The van der Waals surface area contributed by atoms with Crippen molar-refractivity contribution >= 4 is 16.6 Å². The third-order valence-electron chi connectivity index (χ3n) is 3.51. The zero-order valence-electron chi connectivity index (χ0n) is 10.5. The molecule has 18 heavy (non-hydrogen) atoms. The van der Waals surface area contributed by atoms with E-state index in [9.17, 15) is 4.79 Å². The van der Waals surface area contributed by atoms with Crippen LogP contribution in [0.5, 0.6) is 0 Å². The van der Waals surface area contributed by atoms with Gasteiger partial charge in [0.2, 0.25) is 5.56 Å². The van der Waals surface area contributed by atoms with Gasteiger partial charge in [0.15, 0.2) is 0 Å².